The minimum Gasteiger partial charge on any atom is -0.289 e. The van der Waals surface area contributed by atoms with Crippen molar-refractivity contribution in [2.45, 2.75) is 6.42 Å². The minimum absolute atomic E-state index is 0.0400. The number of fused-ring (bicyclic) bond motifs is 1. The first kappa shape index (κ1) is 15.3. The maximum Gasteiger partial charge on any atom is 0.193 e. The van der Waals surface area contributed by atoms with Crippen LogP contribution in [0.4, 0.5) is 0 Å². The highest BCUT2D eigenvalue weighted by atomic mass is 16.1. The molecular weight excluding hydrogens is 306 g/mol. The molecule has 120 valence electrons. The Hall–Kier alpha value is -3.26. The van der Waals surface area contributed by atoms with E-state index in [0.717, 1.165) is 17.5 Å². The highest BCUT2D eigenvalue weighted by Crippen LogP contribution is 2.24. The van der Waals surface area contributed by atoms with Gasteiger partial charge in [0.1, 0.15) is 0 Å². The van der Waals surface area contributed by atoms with Crippen LogP contribution in [0.2, 0.25) is 0 Å². The summed E-state index contributed by atoms with van der Waals surface area (Å²) in [5.41, 5.74) is 3.69. The molecule has 1 heterocycles. The third-order valence-electron chi connectivity index (χ3n) is 4.47. The van der Waals surface area contributed by atoms with Crippen molar-refractivity contribution in [1.29, 1.82) is 0 Å². The number of hydrogen-bond acceptors (Lipinski definition) is 2. The summed E-state index contributed by atoms with van der Waals surface area (Å²) in [5.74, 6) is 0.0400. The first-order valence-corrected chi connectivity index (χ1v) is 8.32. The number of aromatic nitrogens is 1. The molecule has 0 atom stereocenters. The minimum atomic E-state index is 0.0400. The summed E-state index contributed by atoms with van der Waals surface area (Å²) in [6, 6.07) is 26.1. The summed E-state index contributed by atoms with van der Waals surface area (Å²) >= 11 is 0. The fourth-order valence-electron chi connectivity index (χ4n) is 3.21. The number of rotatable bonds is 4. The molecule has 0 saturated carbocycles. The monoisotopic (exact) mass is 323 g/mol. The molecule has 1 aromatic heterocycles. The summed E-state index contributed by atoms with van der Waals surface area (Å²) in [4.78, 5) is 16.9. The lowest BCUT2D eigenvalue weighted by Crippen LogP contribution is -2.06. The molecule has 0 aliphatic rings. The molecule has 0 N–H and O–H groups in total. The Balaban J connectivity index is 1.76. The van der Waals surface area contributed by atoms with Gasteiger partial charge in [-0.1, -0.05) is 66.7 Å². The lowest BCUT2D eigenvalue weighted by molar-refractivity contribution is 0.103. The van der Waals surface area contributed by atoms with Gasteiger partial charge in [0.05, 0.1) is 0 Å². The van der Waals surface area contributed by atoms with E-state index in [1.807, 2.05) is 30.3 Å². The Morgan fingerprint density at radius 3 is 2.28 bits per heavy atom. The molecule has 2 heteroatoms. The Morgan fingerprint density at radius 2 is 1.40 bits per heavy atom. The normalized spacial score (nSPS) is 10.7. The van der Waals surface area contributed by atoms with Crippen LogP contribution in [0.5, 0.6) is 0 Å². The lowest BCUT2D eigenvalue weighted by atomic mass is 9.92. The molecule has 4 rings (SSSR count). The van der Waals surface area contributed by atoms with E-state index in [9.17, 15) is 4.79 Å². The molecule has 0 radical (unpaired) electrons. The van der Waals surface area contributed by atoms with E-state index in [4.69, 9.17) is 0 Å². The van der Waals surface area contributed by atoms with Crippen molar-refractivity contribution in [2.75, 3.05) is 0 Å². The van der Waals surface area contributed by atoms with E-state index in [-0.39, 0.29) is 5.78 Å². The summed E-state index contributed by atoms with van der Waals surface area (Å²) in [6.07, 6.45) is 4.04. The predicted molar refractivity (Wildman–Crippen MR) is 101 cm³/mol. The Kier molecular flexibility index (Phi) is 4.09. The molecular formula is C23H17NO. The molecule has 0 fully saturated rings. The van der Waals surface area contributed by atoms with Gasteiger partial charge < -0.3 is 0 Å². The van der Waals surface area contributed by atoms with Crippen LogP contribution in [0, 0.1) is 0 Å². The summed E-state index contributed by atoms with van der Waals surface area (Å²) < 4.78 is 0. The van der Waals surface area contributed by atoms with Crippen molar-refractivity contribution in [3.05, 3.63) is 114 Å². The van der Waals surface area contributed by atoms with Crippen LogP contribution in [0.15, 0.2) is 91.3 Å². The quantitative estimate of drug-likeness (QED) is 0.492. The van der Waals surface area contributed by atoms with Gasteiger partial charge in [-0.3, -0.25) is 9.78 Å². The molecule has 4 aromatic rings. The first-order valence-electron chi connectivity index (χ1n) is 8.32. The van der Waals surface area contributed by atoms with Gasteiger partial charge in [-0.15, -0.1) is 0 Å². The van der Waals surface area contributed by atoms with Crippen molar-refractivity contribution >= 4 is 16.6 Å². The van der Waals surface area contributed by atoms with Crippen LogP contribution in [0.1, 0.15) is 27.0 Å². The van der Waals surface area contributed by atoms with Gasteiger partial charge in [-0.2, -0.15) is 0 Å². The molecule has 3 aromatic carbocycles. The van der Waals surface area contributed by atoms with Crippen LogP contribution >= 0.6 is 0 Å². The zero-order valence-corrected chi connectivity index (χ0v) is 13.7. The smallest absolute Gasteiger partial charge is 0.193 e. The van der Waals surface area contributed by atoms with E-state index in [2.05, 4.69) is 41.4 Å². The topological polar surface area (TPSA) is 30.0 Å². The van der Waals surface area contributed by atoms with Gasteiger partial charge in [0.2, 0.25) is 0 Å². The maximum atomic E-state index is 12.9. The van der Waals surface area contributed by atoms with E-state index < -0.39 is 0 Å². The molecule has 2 nitrogen and oxygen atoms in total. The first-order chi connectivity index (χ1) is 12.3. The van der Waals surface area contributed by atoms with Crippen molar-refractivity contribution < 1.29 is 4.79 Å². The molecule has 25 heavy (non-hydrogen) atoms. The van der Waals surface area contributed by atoms with Crippen LogP contribution in [-0.2, 0) is 6.42 Å². The van der Waals surface area contributed by atoms with E-state index in [1.54, 1.807) is 24.5 Å². The van der Waals surface area contributed by atoms with E-state index in [0.29, 0.717) is 5.56 Å². The SMILES string of the molecule is O=C(c1ccncc1)c1ccccc1Cc1cccc2ccccc12. The fourth-order valence-corrected chi connectivity index (χ4v) is 3.21. The predicted octanol–water partition coefficient (Wildman–Crippen LogP) is 5.06. The van der Waals surface area contributed by atoms with Crippen LogP contribution in [0.3, 0.4) is 0 Å². The zero-order chi connectivity index (χ0) is 17.1. The number of benzene rings is 3. The lowest BCUT2D eigenvalue weighted by Gasteiger charge is -2.11. The average Bonchev–Trinajstić information content (AvgIpc) is 2.69. The number of carbonyl (C=O) groups is 1. The van der Waals surface area contributed by atoms with Crippen LogP contribution < -0.4 is 0 Å². The Morgan fingerprint density at radius 1 is 0.720 bits per heavy atom. The van der Waals surface area contributed by atoms with Gasteiger partial charge in [0.25, 0.3) is 0 Å². The van der Waals surface area contributed by atoms with Gasteiger partial charge in [-0.25, -0.2) is 0 Å². The van der Waals surface area contributed by atoms with Crippen LogP contribution in [0.25, 0.3) is 10.8 Å². The average molecular weight is 323 g/mol. The van der Waals surface area contributed by atoms with Gasteiger partial charge in [-0.05, 0) is 40.5 Å². The van der Waals surface area contributed by atoms with Crippen molar-refractivity contribution in [3.8, 4) is 0 Å². The van der Waals surface area contributed by atoms with E-state index >= 15 is 0 Å². The molecule has 0 unspecified atom stereocenters. The van der Waals surface area contributed by atoms with Crippen molar-refractivity contribution in [1.82, 2.24) is 4.98 Å². The highest BCUT2D eigenvalue weighted by molar-refractivity contribution is 6.10. The zero-order valence-electron chi connectivity index (χ0n) is 13.7. The van der Waals surface area contributed by atoms with Gasteiger partial charge in [0.15, 0.2) is 5.78 Å². The molecule has 0 saturated heterocycles. The highest BCUT2D eigenvalue weighted by Gasteiger charge is 2.14. The van der Waals surface area contributed by atoms with E-state index in [1.165, 1.54) is 16.3 Å². The third kappa shape index (κ3) is 3.07. The number of carbonyl (C=O) groups excluding carboxylic acids is 1. The summed E-state index contributed by atoms with van der Waals surface area (Å²) in [5, 5.41) is 2.45. The largest absolute Gasteiger partial charge is 0.289 e. The van der Waals surface area contributed by atoms with Gasteiger partial charge in [0, 0.05) is 23.5 Å². The number of ketones is 1. The fraction of sp³-hybridized carbons (Fsp3) is 0.0435. The number of pyridine rings is 1. The second-order valence-electron chi connectivity index (χ2n) is 6.04. The second kappa shape index (κ2) is 6.70. The molecule has 0 aliphatic carbocycles. The van der Waals surface area contributed by atoms with Crippen molar-refractivity contribution in [3.63, 3.8) is 0 Å². The molecule has 0 spiro atoms. The third-order valence-corrected chi connectivity index (χ3v) is 4.47. The summed E-state index contributed by atoms with van der Waals surface area (Å²) in [6.45, 7) is 0. The van der Waals surface area contributed by atoms with Crippen molar-refractivity contribution in [2.24, 2.45) is 0 Å². The number of nitrogens with zero attached hydrogens (tertiary/aromatic N) is 1. The van der Waals surface area contributed by atoms with Crippen LogP contribution in [-0.4, -0.2) is 10.8 Å². The maximum absolute atomic E-state index is 12.9. The molecule has 0 amide bonds. The van der Waals surface area contributed by atoms with Gasteiger partial charge >= 0.3 is 0 Å². The second-order valence-corrected chi connectivity index (χ2v) is 6.04. The molecule has 0 aliphatic heterocycles. The Bertz CT molecular complexity index is 1030. The Labute approximate surface area is 146 Å². The summed E-state index contributed by atoms with van der Waals surface area (Å²) in [7, 11) is 0. The number of hydrogen-bond donors (Lipinski definition) is 0. The standard InChI is InChI=1S/C23H17NO/c25-23(18-12-14-24-15-13-18)22-11-4-2-7-20(22)16-19-9-5-8-17-6-1-3-10-21(17)19/h1-15H,16H2. The molecule has 0 bridgehead atoms.